The van der Waals surface area contributed by atoms with E-state index < -0.39 is 5.82 Å². The van der Waals surface area contributed by atoms with Gasteiger partial charge in [-0.3, -0.25) is 4.79 Å². The molecule has 0 radical (unpaired) electrons. The topological polar surface area (TPSA) is 50.4 Å². The van der Waals surface area contributed by atoms with E-state index in [0.717, 1.165) is 32.4 Å². The molecule has 1 aromatic rings. The molecule has 21 heavy (non-hydrogen) atoms. The van der Waals surface area contributed by atoms with Gasteiger partial charge in [-0.25, -0.2) is 4.39 Å². The predicted molar refractivity (Wildman–Crippen MR) is 80.2 cm³/mol. The van der Waals surface area contributed by atoms with Gasteiger partial charge in [-0.05, 0) is 50.6 Å². The third-order valence-electron chi connectivity index (χ3n) is 3.43. The molecule has 0 atom stereocenters. The van der Waals surface area contributed by atoms with Gasteiger partial charge in [-0.2, -0.15) is 0 Å². The van der Waals surface area contributed by atoms with Crippen LogP contribution >= 0.6 is 11.6 Å². The Morgan fingerprint density at radius 1 is 1.43 bits per heavy atom. The normalized spacial score (nSPS) is 15.9. The summed E-state index contributed by atoms with van der Waals surface area (Å²) in [6, 6.07) is 3.94. The summed E-state index contributed by atoms with van der Waals surface area (Å²) in [5.74, 6) is -0.776. The fourth-order valence-electron chi connectivity index (χ4n) is 2.23. The van der Waals surface area contributed by atoms with Crippen molar-refractivity contribution in [1.29, 1.82) is 0 Å². The zero-order chi connectivity index (χ0) is 15.1. The molecule has 1 heterocycles. The highest BCUT2D eigenvalue weighted by atomic mass is 35.5. The summed E-state index contributed by atoms with van der Waals surface area (Å²) < 4.78 is 18.7. The molecule has 0 saturated carbocycles. The number of halogens is 2. The second kappa shape index (κ2) is 8.32. The molecule has 6 heteroatoms. The molecule has 1 aromatic carbocycles. The highest BCUT2D eigenvalue weighted by molar-refractivity contribution is 6.31. The number of rotatable bonds is 6. The molecule has 0 spiro atoms. The zero-order valence-corrected chi connectivity index (χ0v) is 12.6. The summed E-state index contributed by atoms with van der Waals surface area (Å²) in [6.07, 6.45) is 3.17. The van der Waals surface area contributed by atoms with E-state index in [0.29, 0.717) is 24.8 Å². The molecule has 116 valence electrons. The number of ether oxygens (including phenoxy) is 1. The van der Waals surface area contributed by atoms with Crippen molar-refractivity contribution in [3.05, 3.63) is 34.6 Å². The molecule has 0 aromatic heterocycles. The quantitative estimate of drug-likeness (QED) is 0.793. The fraction of sp³-hybridized carbons (Fsp3) is 0.533. The number of amides is 1. The van der Waals surface area contributed by atoms with E-state index in [9.17, 15) is 9.18 Å². The van der Waals surface area contributed by atoms with Crippen LogP contribution < -0.4 is 10.6 Å². The van der Waals surface area contributed by atoms with Crippen molar-refractivity contribution in [2.24, 2.45) is 0 Å². The summed E-state index contributed by atoms with van der Waals surface area (Å²) in [4.78, 5) is 11.8. The molecule has 2 rings (SSSR count). The van der Waals surface area contributed by atoms with Crippen LogP contribution in [0.1, 0.15) is 29.6 Å². The molecule has 1 saturated heterocycles. The smallest absolute Gasteiger partial charge is 0.251 e. The van der Waals surface area contributed by atoms with E-state index in [2.05, 4.69) is 10.6 Å². The van der Waals surface area contributed by atoms with Gasteiger partial charge in [0, 0.05) is 18.7 Å². The van der Waals surface area contributed by atoms with Gasteiger partial charge in [-0.1, -0.05) is 11.6 Å². The van der Waals surface area contributed by atoms with Crippen LogP contribution in [0.4, 0.5) is 4.39 Å². The Labute approximate surface area is 129 Å². The van der Waals surface area contributed by atoms with E-state index in [4.69, 9.17) is 16.3 Å². The van der Waals surface area contributed by atoms with Crippen LogP contribution in [-0.4, -0.2) is 38.3 Å². The molecule has 1 amide bonds. The predicted octanol–water partition coefficient (Wildman–Crippen LogP) is 2.37. The lowest BCUT2D eigenvalue weighted by Crippen LogP contribution is -2.33. The Morgan fingerprint density at radius 3 is 2.90 bits per heavy atom. The van der Waals surface area contributed by atoms with Gasteiger partial charge in [0.05, 0.1) is 11.1 Å². The minimum absolute atomic E-state index is 0.0445. The molecular formula is C15H20ClFN2O2. The standard InChI is InChI=1S/C15H20ClFN2O2/c16-13-10-11(2-3-14(13)17)15(20)19-6-1-9-21-12-4-7-18-8-5-12/h2-3,10,12,18H,1,4-9H2,(H,19,20). The summed E-state index contributed by atoms with van der Waals surface area (Å²) in [7, 11) is 0. The zero-order valence-electron chi connectivity index (χ0n) is 11.8. The number of piperidine rings is 1. The van der Waals surface area contributed by atoms with E-state index >= 15 is 0 Å². The van der Waals surface area contributed by atoms with Crippen LogP contribution in [0.15, 0.2) is 18.2 Å². The molecule has 4 nitrogen and oxygen atoms in total. The Hall–Kier alpha value is -1.17. The molecule has 1 aliphatic rings. The molecule has 0 aliphatic carbocycles. The molecular weight excluding hydrogens is 295 g/mol. The summed E-state index contributed by atoms with van der Waals surface area (Å²) >= 11 is 5.65. The Morgan fingerprint density at radius 2 is 2.19 bits per heavy atom. The second-order valence-electron chi connectivity index (χ2n) is 5.06. The third-order valence-corrected chi connectivity index (χ3v) is 3.72. The first-order valence-corrected chi connectivity index (χ1v) is 7.60. The van der Waals surface area contributed by atoms with E-state index in [1.165, 1.54) is 18.2 Å². The van der Waals surface area contributed by atoms with Crippen LogP contribution in [0.25, 0.3) is 0 Å². The van der Waals surface area contributed by atoms with Crippen molar-refractivity contribution in [3.8, 4) is 0 Å². The maximum atomic E-state index is 13.0. The first-order chi connectivity index (χ1) is 10.2. The average Bonchev–Trinajstić information content (AvgIpc) is 2.50. The summed E-state index contributed by atoms with van der Waals surface area (Å²) in [5, 5.41) is 6.01. The number of carbonyl (C=O) groups is 1. The highest BCUT2D eigenvalue weighted by Gasteiger charge is 2.13. The molecule has 0 bridgehead atoms. The molecule has 1 fully saturated rings. The number of nitrogens with one attached hydrogen (secondary N) is 2. The first-order valence-electron chi connectivity index (χ1n) is 7.22. The van der Waals surface area contributed by atoms with Crippen molar-refractivity contribution in [2.45, 2.75) is 25.4 Å². The summed E-state index contributed by atoms with van der Waals surface area (Å²) in [5.41, 5.74) is 0.362. The maximum Gasteiger partial charge on any atom is 0.251 e. The van der Waals surface area contributed by atoms with Crippen molar-refractivity contribution < 1.29 is 13.9 Å². The minimum Gasteiger partial charge on any atom is -0.378 e. The Balaban J connectivity index is 1.63. The lowest BCUT2D eigenvalue weighted by molar-refractivity contribution is 0.0318. The van der Waals surface area contributed by atoms with Crippen LogP contribution in [0, 0.1) is 5.82 Å². The van der Waals surface area contributed by atoms with Gasteiger partial charge in [-0.15, -0.1) is 0 Å². The second-order valence-corrected chi connectivity index (χ2v) is 5.47. The van der Waals surface area contributed by atoms with Gasteiger partial charge in [0.15, 0.2) is 0 Å². The molecule has 1 aliphatic heterocycles. The molecule has 2 N–H and O–H groups in total. The van der Waals surface area contributed by atoms with Crippen LogP contribution in [0.2, 0.25) is 5.02 Å². The SMILES string of the molecule is O=C(NCCCOC1CCNCC1)c1ccc(F)c(Cl)c1. The monoisotopic (exact) mass is 314 g/mol. The number of benzene rings is 1. The van der Waals surface area contributed by atoms with Gasteiger partial charge in [0.2, 0.25) is 0 Å². The van der Waals surface area contributed by atoms with Gasteiger partial charge < -0.3 is 15.4 Å². The number of carbonyl (C=O) groups excluding carboxylic acids is 1. The van der Waals surface area contributed by atoms with Crippen molar-refractivity contribution in [1.82, 2.24) is 10.6 Å². The lowest BCUT2D eigenvalue weighted by atomic mass is 10.1. The fourth-order valence-corrected chi connectivity index (χ4v) is 2.41. The van der Waals surface area contributed by atoms with Crippen LogP contribution in [0.5, 0.6) is 0 Å². The lowest BCUT2D eigenvalue weighted by Gasteiger charge is -2.22. The van der Waals surface area contributed by atoms with Gasteiger partial charge in [0.1, 0.15) is 5.82 Å². The van der Waals surface area contributed by atoms with Crippen molar-refractivity contribution >= 4 is 17.5 Å². The highest BCUT2D eigenvalue weighted by Crippen LogP contribution is 2.15. The summed E-state index contributed by atoms with van der Waals surface area (Å²) in [6.45, 7) is 3.17. The molecule has 0 unspecified atom stereocenters. The Bertz CT molecular complexity index is 479. The van der Waals surface area contributed by atoms with Crippen LogP contribution in [-0.2, 0) is 4.74 Å². The van der Waals surface area contributed by atoms with Crippen LogP contribution in [0.3, 0.4) is 0 Å². The van der Waals surface area contributed by atoms with E-state index in [1.54, 1.807) is 0 Å². The largest absolute Gasteiger partial charge is 0.378 e. The van der Waals surface area contributed by atoms with Gasteiger partial charge in [0.25, 0.3) is 5.91 Å². The Kier molecular flexibility index (Phi) is 6.42. The van der Waals surface area contributed by atoms with Crippen molar-refractivity contribution in [2.75, 3.05) is 26.2 Å². The van der Waals surface area contributed by atoms with E-state index in [1.807, 2.05) is 0 Å². The average molecular weight is 315 g/mol. The third kappa shape index (κ3) is 5.26. The van der Waals surface area contributed by atoms with E-state index in [-0.39, 0.29) is 10.9 Å². The minimum atomic E-state index is -0.524. The first kappa shape index (κ1) is 16.2. The number of hydrogen-bond donors (Lipinski definition) is 2. The number of hydrogen-bond acceptors (Lipinski definition) is 3. The van der Waals surface area contributed by atoms with Gasteiger partial charge >= 0.3 is 0 Å². The maximum absolute atomic E-state index is 13.0. The van der Waals surface area contributed by atoms with Crippen molar-refractivity contribution in [3.63, 3.8) is 0 Å².